The van der Waals surface area contributed by atoms with Gasteiger partial charge in [0.15, 0.2) is 23.0 Å². The minimum Gasteiger partial charge on any atom is -0.493 e. The smallest absolute Gasteiger partial charge is 0.344 e. The van der Waals surface area contributed by atoms with Gasteiger partial charge in [-0.1, -0.05) is 0 Å². The number of hydrogen-bond acceptors (Lipinski definition) is 12. The van der Waals surface area contributed by atoms with E-state index in [1.54, 1.807) is 12.1 Å². The Morgan fingerprint density at radius 3 is 2.10 bits per heavy atom. The number of carbonyl (C=O) groups excluding carboxylic acids is 2. The van der Waals surface area contributed by atoms with Crippen LogP contribution in [-0.2, 0) is 16.0 Å². The zero-order valence-corrected chi connectivity index (χ0v) is 22.2. The largest absolute Gasteiger partial charge is 0.493 e. The second-order valence-electron chi connectivity index (χ2n) is 9.90. The number of benzene rings is 3. The van der Waals surface area contributed by atoms with E-state index < -0.39 is 44.6 Å². The third-order valence-electron chi connectivity index (χ3n) is 7.63. The number of carbonyl (C=O) groups is 2. The van der Waals surface area contributed by atoms with Gasteiger partial charge in [0.1, 0.15) is 0 Å². The first-order valence-corrected chi connectivity index (χ1v) is 12.7. The van der Waals surface area contributed by atoms with Crippen molar-refractivity contribution >= 4 is 23.3 Å². The second-order valence-corrected chi connectivity index (χ2v) is 9.90. The molecule has 0 amide bonds. The van der Waals surface area contributed by atoms with E-state index in [0.29, 0.717) is 23.5 Å². The molecule has 0 saturated carbocycles. The summed E-state index contributed by atoms with van der Waals surface area (Å²) in [5, 5.41) is 22.6. The van der Waals surface area contributed by atoms with Gasteiger partial charge in [-0.3, -0.25) is 25.0 Å². The van der Waals surface area contributed by atoms with E-state index in [4.69, 9.17) is 28.4 Å². The molecule has 42 heavy (non-hydrogen) atoms. The molecular weight excluding hydrogens is 556 g/mol. The van der Waals surface area contributed by atoms with Gasteiger partial charge in [-0.2, -0.15) is 0 Å². The quantitative estimate of drug-likeness (QED) is 0.171. The molecule has 0 unspecified atom stereocenters. The van der Waals surface area contributed by atoms with Crippen molar-refractivity contribution in [2.24, 2.45) is 11.8 Å². The third-order valence-corrected chi connectivity index (χ3v) is 7.63. The predicted octanol–water partition coefficient (Wildman–Crippen LogP) is 3.95. The van der Waals surface area contributed by atoms with Crippen LogP contribution in [0.3, 0.4) is 0 Å². The normalized spacial score (nSPS) is 19.8. The molecule has 3 atom stereocenters. The minimum absolute atomic E-state index is 0.0633. The maximum atomic E-state index is 13.1. The molecule has 2 heterocycles. The molecule has 0 bridgehead atoms. The van der Waals surface area contributed by atoms with Crippen LogP contribution in [0.5, 0.6) is 28.7 Å². The van der Waals surface area contributed by atoms with Crippen molar-refractivity contribution in [1.29, 1.82) is 0 Å². The Morgan fingerprint density at radius 1 is 0.881 bits per heavy atom. The van der Waals surface area contributed by atoms with Crippen molar-refractivity contribution in [1.82, 2.24) is 0 Å². The molecule has 14 heteroatoms. The molecule has 3 aromatic carbocycles. The van der Waals surface area contributed by atoms with Crippen LogP contribution in [0.1, 0.15) is 33.0 Å². The highest BCUT2D eigenvalue weighted by molar-refractivity contribution is 5.93. The molecule has 1 saturated heterocycles. The summed E-state index contributed by atoms with van der Waals surface area (Å²) in [5.41, 5.74) is 0.711. The van der Waals surface area contributed by atoms with Gasteiger partial charge in [-0.15, -0.1) is 0 Å². The lowest BCUT2D eigenvalue weighted by molar-refractivity contribution is -0.394. The molecule has 0 N–H and O–H groups in total. The van der Waals surface area contributed by atoms with Crippen molar-refractivity contribution in [3.05, 3.63) is 84.9 Å². The summed E-state index contributed by atoms with van der Waals surface area (Å²) in [5.74, 6) is -1.39. The lowest BCUT2D eigenvalue weighted by Crippen LogP contribution is -2.31. The van der Waals surface area contributed by atoms with Gasteiger partial charge < -0.3 is 28.4 Å². The van der Waals surface area contributed by atoms with Crippen LogP contribution >= 0.6 is 0 Å². The van der Waals surface area contributed by atoms with Crippen LogP contribution in [0.2, 0.25) is 0 Å². The van der Waals surface area contributed by atoms with Gasteiger partial charge in [0.05, 0.1) is 48.2 Å². The molecule has 0 radical (unpaired) electrons. The van der Waals surface area contributed by atoms with Crippen LogP contribution in [0.15, 0.2) is 42.5 Å². The molecule has 6 rings (SSSR count). The summed E-state index contributed by atoms with van der Waals surface area (Å²) in [6.45, 7) is 0.362. The Kier molecular flexibility index (Phi) is 6.52. The summed E-state index contributed by atoms with van der Waals surface area (Å²) in [7, 11) is 2.68. The summed E-state index contributed by atoms with van der Waals surface area (Å²) < 4.78 is 33.2. The van der Waals surface area contributed by atoms with Crippen LogP contribution in [-0.4, -0.2) is 49.4 Å². The standard InChI is InChI=1S/C28H22N2O12/c1-37-22-7-14(24-19-10-21-20(40-12-41-21)6-13(19)3-16-11-39-28(32)25(16)24)8-23(38-2)26(22)42-27(31)15-4-17(29(33)34)9-18(5-15)30(35)36/h4-10,16,24-25H,3,11-12H2,1-2H3/t16-,24+,25-/m0/s1. The monoisotopic (exact) mass is 578 g/mol. The predicted molar refractivity (Wildman–Crippen MR) is 140 cm³/mol. The first kappa shape index (κ1) is 26.8. The van der Waals surface area contributed by atoms with E-state index in [0.717, 1.165) is 29.3 Å². The van der Waals surface area contributed by atoms with Crippen molar-refractivity contribution in [2.75, 3.05) is 27.6 Å². The fourth-order valence-corrected chi connectivity index (χ4v) is 5.76. The van der Waals surface area contributed by atoms with Crippen molar-refractivity contribution < 1.29 is 47.9 Å². The molecule has 0 spiro atoms. The number of esters is 2. The number of ether oxygens (including phenoxy) is 6. The molecular formula is C28H22N2O12. The fraction of sp³-hybridized carbons (Fsp3) is 0.286. The number of nitro benzene ring substituents is 2. The van der Waals surface area contributed by atoms with Crippen LogP contribution in [0.25, 0.3) is 0 Å². The van der Waals surface area contributed by atoms with E-state index in [2.05, 4.69) is 0 Å². The number of methoxy groups -OCH3 is 2. The zero-order valence-electron chi connectivity index (χ0n) is 22.2. The molecule has 3 aromatic rings. The Bertz CT molecular complexity index is 1610. The summed E-state index contributed by atoms with van der Waals surface area (Å²) in [6, 6.07) is 9.46. The second kappa shape index (κ2) is 10.2. The van der Waals surface area contributed by atoms with E-state index >= 15 is 0 Å². The highest BCUT2D eigenvalue weighted by Gasteiger charge is 2.48. The molecule has 3 aliphatic rings. The average Bonchev–Trinajstić information content (AvgIpc) is 3.60. The SMILES string of the molecule is COc1cc([C@@H]2c3cc4c(cc3C[C@H]3COC(=O)[C@@H]32)OCO4)cc(OC)c1OC(=O)c1cc([N+](=O)[O-])cc([N+](=O)[O-])c1. The highest BCUT2D eigenvalue weighted by Crippen LogP contribution is 2.52. The number of non-ortho nitro benzene ring substituents is 2. The van der Waals surface area contributed by atoms with Crippen LogP contribution < -0.4 is 23.7 Å². The maximum Gasteiger partial charge on any atom is 0.344 e. The van der Waals surface area contributed by atoms with Crippen molar-refractivity contribution in [2.45, 2.75) is 12.3 Å². The molecule has 1 fully saturated rings. The lowest BCUT2D eigenvalue weighted by atomic mass is 9.67. The Morgan fingerprint density at radius 2 is 1.50 bits per heavy atom. The van der Waals surface area contributed by atoms with Crippen molar-refractivity contribution in [3.63, 3.8) is 0 Å². The first-order chi connectivity index (χ1) is 20.2. The maximum absolute atomic E-state index is 13.1. The molecule has 216 valence electrons. The molecule has 2 aliphatic heterocycles. The Hall–Kier alpha value is -5.40. The number of nitro groups is 2. The average molecular weight is 578 g/mol. The molecule has 14 nitrogen and oxygen atoms in total. The van der Waals surface area contributed by atoms with Gasteiger partial charge in [-0.25, -0.2) is 4.79 Å². The van der Waals surface area contributed by atoms with E-state index in [9.17, 15) is 29.8 Å². The van der Waals surface area contributed by atoms with E-state index in [-0.39, 0.29) is 42.5 Å². The van der Waals surface area contributed by atoms with Gasteiger partial charge in [0.25, 0.3) is 11.4 Å². The number of cyclic esters (lactones) is 1. The highest BCUT2D eigenvalue weighted by atomic mass is 16.7. The summed E-state index contributed by atoms with van der Waals surface area (Å²) in [6.07, 6.45) is 0.609. The van der Waals surface area contributed by atoms with Gasteiger partial charge in [-0.05, 0) is 47.4 Å². The summed E-state index contributed by atoms with van der Waals surface area (Å²) >= 11 is 0. The lowest BCUT2D eigenvalue weighted by Gasteiger charge is -2.34. The topological polar surface area (TPSA) is 176 Å². The van der Waals surface area contributed by atoms with Gasteiger partial charge in [0, 0.05) is 24.0 Å². The zero-order chi connectivity index (χ0) is 29.7. The Labute approximate surface area is 236 Å². The fourth-order valence-electron chi connectivity index (χ4n) is 5.76. The Balaban J connectivity index is 1.42. The van der Waals surface area contributed by atoms with E-state index in [1.165, 1.54) is 14.2 Å². The van der Waals surface area contributed by atoms with Crippen LogP contribution in [0.4, 0.5) is 11.4 Å². The number of rotatable bonds is 7. The van der Waals surface area contributed by atoms with Gasteiger partial charge >= 0.3 is 11.9 Å². The number of nitrogens with zero attached hydrogens (tertiary/aromatic N) is 2. The number of hydrogen-bond donors (Lipinski definition) is 0. The van der Waals surface area contributed by atoms with Gasteiger partial charge in [0.2, 0.25) is 12.5 Å². The molecule has 1 aliphatic carbocycles. The molecule has 0 aromatic heterocycles. The first-order valence-electron chi connectivity index (χ1n) is 12.7. The minimum atomic E-state index is -1.11. The number of fused-ring (bicyclic) bond motifs is 3. The van der Waals surface area contributed by atoms with Crippen molar-refractivity contribution in [3.8, 4) is 28.7 Å². The summed E-state index contributed by atoms with van der Waals surface area (Å²) in [4.78, 5) is 46.9. The van der Waals surface area contributed by atoms with E-state index in [1.807, 2.05) is 12.1 Å². The third kappa shape index (κ3) is 4.46. The van der Waals surface area contributed by atoms with Crippen LogP contribution in [0, 0.1) is 32.1 Å².